The number of carbonyl (C=O) groups is 2. The molecule has 3 aromatic heterocycles. The number of rotatable bonds is 6. The van der Waals surface area contributed by atoms with E-state index in [1.165, 1.54) is 31.1 Å². The van der Waals surface area contributed by atoms with Crippen LogP contribution in [0, 0.1) is 0 Å². The molecule has 0 aliphatic carbocycles. The molecule has 1 amide bonds. The molecule has 0 saturated carbocycles. The third-order valence-electron chi connectivity index (χ3n) is 7.30. The summed E-state index contributed by atoms with van der Waals surface area (Å²) < 4.78 is 17.4. The molecule has 1 atom stereocenters. The van der Waals surface area contributed by atoms with Crippen LogP contribution in [0.25, 0.3) is 11.7 Å². The van der Waals surface area contributed by atoms with Crippen molar-refractivity contribution in [3.63, 3.8) is 0 Å². The average molecular weight is 617 g/mol. The number of ether oxygens (including phenoxy) is 2. The van der Waals surface area contributed by atoms with E-state index in [0.717, 1.165) is 11.3 Å². The molecule has 1 spiro atoms. The number of benzene rings is 1. The molecular formula is C30H32N8O5S. The lowest BCUT2D eigenvalue weighted by atomic mass is 9.82. The van der Waals surface area contributed by atoms with E-state index in [2.05, 4.69) is 30.2 Å². The second kappa shape index (κ2) is 11.4. The van der Waals surface area contributed by atoms with Crippen molar-refractivity contribution in [1.82, 2.24) is 30.2 Å². The number of amides is 1. The summed E-state index contributed by atoms with van der Waals surface area (Å²) in [5.74, 6) is 1.66. The number of fused-ring (bicyclic) bond motifs is 1. The number of alkyl carbamates (subject to hydrolysis) is 1. The highest BCUT2D eigenvalue weighted by Crippen LogP contribution is 2.49. The predicted octanol–water partition coefficient (Wildman–Crippen LogP) is 4.86. The minimum absolute atomic E-state index is 0.167. The van der Waals surface area contributed by atoms with Gasteiger partial charge in [-0.25, -0.2) is 29.7 Å². The van der Waals surface area contributed by atoms with Gasteiger partial charge in [0, 0.05) is 44.6 Å². The number of nitrogens with zero attached hydrogens (tertiary/aromatic N) is 6. The zero-order valence-electron chi connectivity index (χ0n) is 24.7. The number of carbonyl (C=O) groups excluding carboxylic acids is 2. The van der Waals surface area contributed by atoms with E-state index in [1.54, 1.807) is 12.3 Å². The van der Waals surface area contributed by atoms with E-state index in [1.807, 2.05) is 49.9 Å². The molecule has 228 valence electrons. The van der Waals surface area contributed by atoms with E-state index >= 15 is 0 Å². The molecular weight excluding hydrogens is 584 g/mol. The number of nitrogens with two attached hydrogens (primary N) is 1. The topological polar surface area (TPSA) is 171 Å². The first kappa shape index (κ1) is 29.4. The molecule has 1 saturated heterocycles. The van der Waals surface area contributed by atoms with Gasteiger partial charge in [-0.2, -0.15) is 0 Å². The summed E-state index contributed by atoms with van der Waals surface area (Å²) in [7, 11) is 0. The number of para-hydroxylation sites is 1. The van der Waals surface area contributed by atoms with Gasteiger partial charge in [-0.15, -0.1) is 0 Å². The number of nitrogen functional groups attached to an aromatic ring is 1. The van der Waals surface area contributed by atoms with E-state index in [0.29, 0.717) is 47.6 Å². The first-order valence-corrected chi connectivity index (χ1v) is 14.9. The Labute approximate surface area is 258 Å². The molecule has 0 radical (unpaired) electrons. The molecule has 0 bridgehead atoms. The van der Waals surface area contributed by atoms with Crippen molar-refractivity contribution in [2.24, 2.45) is 0 Å². The van der Waals surface area contributed by atoms with Gasteiger partial charge >= 0.3 is 6.09 Å². The third kappa shape index (κ3) is 5.89. The second-order valence-corrected chi connectivity index (χ2v) is 12.6. The van der Waals surface area contributed by atoms with Crippen molar-refractivity contribution in [2.45, 2.75) is 67.8 Å². The zero-order valence-corrected chi connectivity index (χ0v) is 25.6. The molecule has 14 heteroatoms. The van der Waals surface area contributed by atoms with E-state index in [9.17, 15) is 9.59 Å². The summed E-state index contributed by atoms with van der Waals surface area (Å²) in [4.78, 5) is 49.7. The number of Topliss-reactive ketones (excluding diaryl/α,β-unsaturated/α-hetero) is 1. The zero-order chi connectivity index (χ0) is 31.1. The molecule has 1 aromatic carbocycles. The number of ketones is 1. The molecule has 1 fully saturated rings. The van der Waals surface area contributed by atoms with Crippen LogP contribution >= 0.6 is 11.8 Å². The lowest BCUT2D eigenvalue weighted by Crippen LogP contribution is -2.54. The molecule has 5 heterocycles. The van der Waals surface area contributed by atoms with Crippen molar-refractivity contribution >= 4 is 35.3 Å². The van der Waals surface area contributed by atoms with Crippen LogP contribution in [0.15, 0.2) is 63.5 Å². The Morgan fingerprint density at radius 1 is 1.09 bits per heavy atom. The molecule has 6 rings (SSSR count). The summed E-state index contributed by atoms with van der Waals surface area (Å²) in [6.07, 6.45) is 5.11. The van der Waals surface area contributed by atoms with Gasteiger partial charge in [-0.1, -0.05) is 18.2 Å². The number of aromatic nitrogens is 5. The SMILES string of the molecule is CC(=O)c1nc(Sc2ccnc(-c3ncco3)n2)c(N)nc1N1CCC2(CC1)Oc1ccccc1[C@H]2NC(=O)OC(C)(C)C. The van der Waals surface area contributed by atoms with Crippen molar-refractivity contribution in [1.29, 1.82) is 0 Å². The van der Waals surface area contributed by atoms with Crippen LogP contribution in [0.4, 0.5) is 16.4 Å². The number of hydrogen-bond donors (Lipinski definition) is 2. The number of anilines is 2. The first-order chi connectivity index (χ1) is 21.0. The van der Waals surface area contributed by atoms with Crippen molar-refractivity contribution in [3.8, 4) is 17.5 Å². The molecule has 3 N–H and O–H groups in total. The first-order valence-electron chi connectivity index (χ1n) is 14.1. The van der Waals surface area contributed by atoms with E-state index in [-0.39, 0.29) is 23.2 Å². The smallest absolute Gasteiger partial charge is 0.408 e. The summed E-state index contributed by atoms with van der Waals surface area (Å²) in [6.45, 7) is 7.91. The summed E-state index contributed by atoms with van der Waals surface area (Å²) >= 11 is 1.17. The lowest BCUT2D eigenvalue weighted by molar-refractivity contribution is 0.0149. The van der Waals surface area contributed by atoms with Gasteiger partial charge in [0.05, 0.1) is 6.20 Å². The van der Waals surface area contributed by atoms with Crippen molar-refractivity contribution in [2.75, 3.05) is 23.7 Å². The fourth-order valence-corrected chi connectivity index (χ4v) is 6.13. The molecule has 0 unspecified atom stereocenters. The average Bonchev–Trinajstić information content (AvgIpc) is 3.61. The Morgan fingerprint density at radius 3 is 2.57 bits per heavy atom. The maximum Gasteiger partial charge on any atom is 0.408 e. The van der Waals surface area contributed by atoms with Crippen molar-refractivity contribution in [3.05, 3.63) is 60.2 Å². The number of hydrogen-bond acceptors (Lipinski definition) is 13. The Bertz CT molecular complexity index is 1700. The van der Waals surface area contributed by atoms with Gasteiger partial charge in [0.25, 0.3) is 5.89 Å². The molecule has 13 nitrogen and oxygen atoms in total. The molecule has 4 aromatic rings. The lowest BCUT2D eigenvalue weighted by Gasteiger charge is -2.42. The fourth-order valence-electron chi connectivity index (χ4n) is 5.39. The van der Waals surface area contributed by atoms with E-state index < -0.39 is 23.3 Å². The number of oxazole rings is 1. The molecule has 44 heavy (non-hydrogen) atoms. The highest BCUT2D eigenvalue weighted by atomic mass is 32.2. The highest BCUT2D eigenvalue weighted by molar-refractivity contribution is 7.99. The van der Waals surface area contributed by atoms with Gasteiger partial charge in [0.2, 0.25) is 5.82 Å². The quantitative estimate of drug-likeness (QED) is 0.223. The number of nitrogens with one attached hydrogen (secondary N) is 1. The minimum Gasteiger partial charge on any atom is -0.484 e. The van der Waals surface area contributed by atoms with Crippen LogP contribution in [0.5, 0.6) is 5.75 Å². The second-order valence-electron chi connectivity index (χ2n) is 11.6. The van der Waals surface area contributed by atoms with E-state index in [4.69, 9.17) is 19.6 Å². The van der Waals surface area contributed by atoms with Gasteiger partial charge < -0.3 is 29.8 Å². The Hall–Kier alpha value is -4.72. The molecule has 2 aliphatic heterocycles. The number of piperidine rings is 1. The standard InChI is InChI=1S/C30H32N8O5S/c1-17(39)21-25(37-23(31)27(35-21)44-20-9-12-32-24(34-20)26-33-13-16-41-26)38-14-10-30(11-15-38)22(36-28(40)43-29(2,3)4)18-7-5-6-8-19(18)42-30/h5-9,12-13,16,22H,10-11,14-15H2,1-4H3,(H2,31,37)(H,36,40)/t22-/m1/s1. The van der Waals surface area contributed by atoms with Crippen LogP contribution in [-0.2, 0) is 4.74 Å². The van der Waals surface area contributed by atoms with Crippen LogP contribution in [-0.4, -0.2) is 61.1 Å². The third-order valence-corrected chi connectivity index (χ3v) is 8.23. The van der Waals surface area contributed by atoms with Crippen LogP contribution in [0.2, 0.25) is 0 Å². The fraction of sp³-hybridized carbons (Fsp3) is 0.367. The Balaban J connectivity index is 1.23. The normalized spacial score (nSPS) is 17.2. The maximum atomic E-state index is 12.8. The largest absolute Gasteiger partial charge is 0.484 e. The van der Waals surface area contributed by atoms with Crippen molar-refractivity contribution < 1.29 is 23.5 Å². The summed E-state index contributed by atoms with van der Waals surface area (Å²) in [6, 6.07) is 8.98. The Morgan fingerprint density at radius 2 is 1.86 bits per heavy atom. The maximum absolute atomic E-state index is 12.8. The van der Waals surface area contributed by atoms with Gasteiger partial charge in [-0.3, -0.25) is 4.79 Å². The summed E-state index contributed by atoms with van der Waals surface area (Å²) in [5.41, 5.74) is 6.15. The highest BCUT2D eigenvalue weighted by Gasteiger charge is 2.51. The van der Waals surface area contributed by atoms with Crippen LogP contribution < -0.4 is 20.7 Å². The molecule has 2 aliphatic rings. The van der Waals surface area contributed by atoms with Gasteiger partial charge in [-0.05, 0) is 44.7 Å². The van der Waals surface area contributed by atoms with Crippen LogP contribution in [0.3, 0.4) is 0 Å². The monoisotopic (exact) mass is 616 g/mol. The Kier molecular flexibility index (Phi) is 7.61. The predicted molar refractivity (Wildman–Crippen MR) is 161 cm³/mol. The minimum atomic E-state index is -0.699. The van der Waals surface area contributed by atoms with Crippen LogP contribution in [0.1, 0.15) is 62.6 Å². The van der Waals surface area contributed by atoms with Gasteiger partial charge in [0.15, 0.2) is 17.4 Å². The van der Waals surface area contributed by atoms with Gasteiger partial charge in [0.1, 0.15) is 45.0 Å². The summed E-state index contributed by atoms with van der Waals surface area (Å²) in [5, 5.41) is 3.95.